The minimum atomic E-state index is -4.77. The molecule has 2 heterocycles. The van der Waals surface area contributed by atoms with Crippen molar-refractivity contribution < 1.29 is 40.7 Å². The van der Waals surface area contributed by atoms with Gasteiger partial charge in [-0.05, 0) is 49.9 Å². The molecule has 0 radical (unpaired) electrons. The molecule has 1 aromatic rings. The first-order chi connectivity index (χ1) is 17.7. The van der Waals surface area contributed by atoms with Gasteiger partial charge in [0, 0.05) is 32.5 Å². The highest BCUT2D eigenvalue weighted by Crippen LogP contribution is 2.38. The first-order valence-corrected chi connectivity index (χ1v) is 13.1. The summed E-state index contributed by atoms with van der Waals surface area (Å²) in [5.74, 6) is -1.09. The number of rotatable bonds is 9. The largest absolute Gasteiger partial charge is 0.573 e. The number of sulfonamides is 1. The number of hydrogen-bond acceptors (Lipinski definition) is 7. The molecule has 14 heteroatoms. The highest BCUT2D eigenvalue weighted by molar-refractivity contribution is 7.93. The Labute approximate surface area is 218 Å². The van der Waals surface area contributed by atoms with Crippen molar-refractivity contribution in [1.82, 2.24) is 9.80 Å². The molecule has 0 saturated carbocycles. The van der Waals surface area contributed by atoms with E-state index >= 15 is 0 Å². The molecule has 0 aromatic heterocycles. The van der Waals surface area contributed by atoms with E-state index in [1.807, 2.05) is 0 Å². The van der Waals surface area contributed by atoms with Crippen molar-refractivity contribution in [2.45, 2.75) is 31.7 Å². The Balaban J connectivity index is 1.60. The number of nitrogens with two attached hydrogens (primary N) is 1. The minimum absolute atomic E-state index is 0.0567. The number of likely N-dealkylation sites (tertiary alicyclic amines) is 2. The summed E-state index contributed by atoms with van der Waals surface area (Å²) >= 11 is 0. The molecule has 2 aliphatic heterocycles. The molecular weight excluding hydrogens is 529 g/mol. The molecule has 3 rings (SSSR count). The van der Waals surface area contributed by atoms with Crippen LogP contribution in [0.1, 0.15) is 18.9 Å². The summed E-state index contributed by atoms with van der Waals surface area (Å²) in [5, 5.41) is 5.06. The number of aryl methyl sites for hydroxylation is 1. The van der Waals surface area contributed by atoms with Crippen LogP contribution in [-0.4, -0.2) is 82.0 Å². The maximum Gasteiger partial charge on any atom is 0.573 e. The Kier molecular flexibility index (Phi) is 8.68. The van der Waals surface area contributed by atoms with Crippen LogP contribution in [0.5, 0.6) is 5.75 Å². The second-order valence-electron chi connectivity index (χ2n) is 9.15. The summed E-state index contributed by atoms with van der Waals surface area (Å²) in [6, 6.07) is 5.36. The number of nitrogens with zero attached hydrogens (tertiary/aromatic N) is 3. The van der Waals surface area contributed by atoms with E-state index in [1.165, 1.54) is 55.4 Å². The Morgan fingerprint density at radius 3 is 2.32 bits per heavy atom. The maximum atomic E-state index is 13.0. The number of hydrogen-bond donors (Lipinski definition) is 1. The quantitative estimate of drug-likeness (QED) is 0.280. The maximum absolute atomic E-state index is 13.0. The molecule has 0 bridgehead atoms. The Hall–Kier alpha value is -3.23. The fourth-order valence-corrected chi connectivity index (χ4v) is 4.82. The highest BCUT2D eigenvalue weighted by atomic mass is 32.2. The molecule has 0 spiro atoms. The summed E-state index contributed by atoms with van der Waals surface area (Å²) in [4.78, 5) is 32.7. The SMILES string of the molecule is C=N/C(=C\C=C(/C)S(N)(=O)=O)C(=O)N1C[C@H]2CN(C(=O)CCc3ccc(OC(F)(F)F)cc3)C[C@]2(OC)C1. The monoisotopic (exact) mass is 558 g/mol. The minimum Gasteiger partial charge on any atom is -0.406 e. The molecule has 0 aliphatic carbocycles. The fourth-order valence-electron chi connectivity index (χ4n) is 4.56. The zero-order chi connectivity index (χ0) is 28.3. The van der Waals surface area contributed by atoms with Gasteiger partial charge in [0.2, 0.25) is 15.9 Å². The smallest absolute Gasteiger partial charge is 0.406 e. The molecule has 1 aromatic carbocycles. The van der Waals surface area contributed by atoms with Crippen molar-refractivity contribution in [2.24, 2.45) is 16.0 Å². The molecule has 208 valence electrons. The Bertz CT molecular complexity index is 1250. The van der Waals surface area contributed by atoms with Crippen LogP contribution in [0.2, 0.25) is 0 Å². The number of carbonyl (C=O) groups excluding carboxylic acids is 2. The summed E-state index contributed by atoms with van der Waals surface area (Å²) in [7, 11) is -2.38. The Morgan fingerprint density at radius 2 is 1.79 bits per heavy atom. The predicted octanol–water partition coefficient (Wildman–Crippen LogP) is 1.98. The van der Waals surface area contributed by atoms with Crippen molar-refractivity contribution >= 4 is 28.6 Å². The summed E-state index contributed by atoms with van der Waals surface area (Å²) in [6.07, 6.45) is -1.87. The van der Waals surface area contributed by atoms with E-state index in [1.54, 1.807) is 4.90 Å². The lowest BCUT2D eigenvalue weighted by atomic mass is 9.95. The van der Waals surface area contributed by atoms with Crippen molar-refractivity contribution in [3.05, 3.63) is 52.6 Å². The molecule has 2 amide bonds. The number of alkyl halides is 3. The van der Waals surface area contributed by atoms with Gasteiger partial charge in [-0.25, -0.2) is 13.6 Å². The van der Waals surface area contributed by atoms with Crippen molar-refractivity contribution in [3.63, 3.8) is 0 Å². The van der Waals surface area contributed by atoms with E-state index in [-0.39, 0.29) is 47.7 Å². The van der Waals surface area contributed by atoms with Gasteiger partial charge in [-0.3, -0.25) is 14.6 Å². The van der Waals surface area contributed by atoms with Crippen LogP contribution in [0.4, 0.5) is 13.2 Å². The number of methoxy groups -OCH3 is 1. The van der Waals surface area contributed by atoms with Gasteiger partial charge in [0.25, 0.3) is 5.91 Å². The number of carbonyl (C=O) groups is 2. The third-order valence-corrected chi connectivity index (χ3v) is 7.72. The number of primary sulfonamides is 1. The van der Waals surface area contributed by atoms with Crippen LogP contribution in [0.15, 0.2) is 52.0 Å². The van der Waals surface area contributed by atoms with E-state index in [0.717, 1.165) is 0 Å². The predicted molar refractivity (Wildman–Crippen MR) is 132 cm³/mol. The summed E-state index contributed by atoms with van der Waals surface area (Å²) in [5.41, 5.74) is -0.146. The highest BCUT2D eigenvalue weighted by Gasteiger charge is 2.55. The molecule has 2 aliphatic rings. The van der Waals surface area contributed by atoms with Crippen LogP contribution in [-0.2, 0) is 30.8 Å². The zero-order valence-corrected chi connectivity index (χ0v) is 21.7. The number of amides is 2. The third-order valence-electron chi connectivity index (χ3n) is 6.69. The van der Waals surface area contributed by atoms with Crippen LogP contribution < -0.4 is 9.88 Å². The molecule has 2 atom stereocenters. The van der Waals surface area contributed by atoms with Gasteiger partial charge >= 0.3 is 6.36 Å². The van der Waals surface area contributed by atoms with Crippen LogP contribution in [0, 0.1) is 5.92 Å². The first-order valence-electron chi connectivity index (χ1n) is 11.5. The molecule has 2 fully saturated rings. The molecule has 0 unspecified atom stereocenters. The normalized spacial score (nSPS) is 22.4. The summed E-state index contributed by atoms with van der Waals surface area (Å²) < 4.78 is 69.4. The topological polar surface area (TPSA) is 132 Å². The number of aliphatic imine (C=N–C) groups is 1. The van der Waals surface area contributed by atoms with E-state index in [0.29, 0.717) is 25.1 Å². The van der Waals surface area contributed by atoms with Crippen molar-refractivity contribution in [2.75, 3.05) is 33.3 Å². The second-order valence-corrected chi connectivity index (χ2v) is 10.9. The van der Waals surface area contributed by atoms with Gasteiger partial charge in [-0.15, -0.1) is 13.2 Å². The van der Waals surface area contributed by atoms with Gasteiger partial charge in [0.05, 0.1) is 18.0 Å². The number of benzene rings is 1. The average Bonchev–Trinajstić information content (AvgIpc) is 3.37. The lowest BCUT2D eigenvalue weighted by Gasteiger charge is -2.28. The van der Waals surface area contributed by atoms with Crippen molar-refractivity contribution in [1.29, 1.82) is 0 Å². The van der Waals surface area contributed by atoms with E-state index in [4.69, 9.17) is 9.88 Å². The van der Waals surface area contributed by atoms with E-state index < -0.39 is 27.9 Å². The van der Waals surface area contributed by atoms with Crippen LogP contribution >= 0.6 is 0 Å². The molecule has 2 N–H and O–H groups in total. The number of allylic oxidation sites excluding steroid dienone is 3. The van der Waals surface area contributed by atoms with Gasteiger partial charge in [-0.1, -0.05) is 12.1 Å². The standard InChI is InChI=1S/C24H29F3N4O6S/c1-16(38(28,34)35)4-10-20(29-2)22(33)31-13-18-12-30(14-23(18,15-31)36-3)21(32)11-7-17-5-8-19(9-6-17)37-24(25,26)27/h4-6,8-10,18H,2,7,11-15H2,1,3H3,(H2,28,34,35)/b16-4+,20-10-/t18-,23+/m1/s1. The molecular formula is C24H29F3N4O6S. The fraction of sp³-hybridized carbons (Fsp3) is 0.458. The van der Waals surface area contributed by atoms with E-state index in [9.17, 15) is 31.2 Å². The Morgan fingerprint density at radius 1 is 1.18 bits per heavy atom. The molecule has 10 nitrogen and oxygen atoms in total. The third kappa shape index (κ3) is 6.99. The average molecular weight is 559 g/mol. The van der Waals surface area contributed by atoms with E-state index in [2.05, 4.69) is 16.4 Å². The van der Waals surface area contributed by atoms with Gasteiger partial charge in [-0.2, -0.15) is 0 Å². The lowest BCUT2D eigenvalue weighted by Crippen LogP contribution is -2.44. The molecule has 38 heavy (non-hydrogen) atoms. The lowest BCUT2D eigenvalue weighted by molar-refractivity contribution is -0.274. The van der Waals surface area contributed by atoms with Crippen molar-refractivity contribution in [3.8, 4) is 5.75 Å². The number of halogens is 3. The number of ether oxygens (including phenoxy) is 2. The van der Waals surface area contributed by atoms with Crippen LogP contribution in [0.25, 0.3) is 0 Å². The van der Waals surface area contributed by atoms with Crippen LogP contribution in [0.3, 0.4) is 0 Å². The van der Waals surface area contributed by atoms with Gasteiger partial charge in [0.15, 0.2) is 0 Å². The number of fused-ring (bicyclic) bond motifs is 1. The van der Waals surface area contributed by atoms with Gasteiger partial charge in [0.1, 0.15) is 17.0 Å². The second kappa shape index (κ2) is 11.3. The summed E-state index contributed by atoms with van der Waals surface area (Å²) in [6.45, 7) is 5.79. The first kappa shape index (κ1) is 29.3. The molecule has 2 saturated heterocycles. The zero-order valence-electron chi connectivity index (χ0n) is 20.9. The van der Waals surface area contributed by atoms with Gasteiger partial charge < -0.3 is 19.3 Å².